The van der Waals surface area contributed by atoms with Crippen LogP contribution in [0.3, 0.4) is 0 Å². The average Bonchev–Trinajstić information content (AvgIpc) is 2.31. The summed E-state index contributed by atoms with van der Waals surface area (Å²) in [5.74, 6) is -1.74. The molecule has 0 radical (unpaired) electrons. The molecule has 1 aliphatic rings. The van der Waals surface area contributed by atoms with Crippen LogP contribution in [-0.2, 0) is 11.0 Å². The van der Waals surface area contributed by atoms with Crippen molar-refractivity contribution in [3.8, 4) is 0 Å². The van der Waals surface area contributed by atoms with Gasteiger partial charge in [0.1, 0.15) is 11.6 Å². The molecule has 2 heterocycles. The lowest BCUT2D eigenvalue weighted by Crippen LogP contribution is -2.49. The summed E-state index contributed by atoms with van der Waals surface area (Å²) in [5, 5.41) is 0. The van der Waals surface area contributed by atoms with Crippen LogP contribution >= 0.6 is 0 Å². The summed E-state index contributed by atoms with van der Waals surface area (Å²) in [6.45, 7) is 0.796. The van der Waals surface area contributed by atoms with Gasteiger partial charge in [-0.05, 0) is 0 Å². The number of nitrogens with zero attached hydrogens (tertiary/aromatic N) is 4. The van der Waals surface area contributed by atoms with Crippen molar-refractivity contribution in [1.29, 1.82) is 0 Å². The Balaban J connectivity index is 2.30. The number of aromatic nitrogens is 2. The van der Waals surface area contributed by atoms with Gasteiger partial charge in [-0.25, -0.2) is 9.97 Å². The highest BCUT2D eigenvalue weighted by Crippen LogP contribution is 2.28. The second kappa shape index (κ2) is 4.56. The van der Waals surface area contributed by atoms with Crippen molar-refractivity contribution in [2.45, 2.75) is 6.18 Å². The minimum atomic E-state index is -4.67. The summed E-state index contributed by atoms with van der Waals surface area (Å²) < 4.78 is 37.7. The smallest absolute Gasteiger partial charge is 0.384 e. The van der Waals surface area contributed by atoms with Crippen molar-refractivity contribution in [2.75, 3.05) is 37.3 Å². The summed E-state index contributed by atoms with van der Waals surface area (Å²) in [7, 11) is 1.63. The highest BCUT2D eigenvalue weighted by atomic mass is 19.4. The van der Waals surface area contributed by atoms with Crippen LogP contribution in [0.4, 0.5) is 24.8 Å². The molecule has 9 heteroatoms. The SMILES string of the molecule is CN1CCN(c2cc(N)nc(C(F)(F)F)n2)CC1=O. The number of carbonyl (C=O) groups excluding carboxylic acids is 1. The Hall–Kier alpha value is -2.06. The van der Waals surface area contributed by atoms with E-state index < -0.39 is 12.0 Å². The van der Waals surface area contributed by atoms with Crippen LogP contribution in [0.2, 0.25) is 0 Å². The van der Waals surface area contributed by atoms with Gasteiger partial charge in [-0.2, -0.15) is 13.2 Å². The molecule has 1 saturated heterocycles. The monoisotopic (exact) mass is 275 g/mol. The number of hydrogen-bond donors (Lipinski definition) is 1. The Labute approximate surface area is 107 Å². The predicted molar refractivity (Wildman–Crippen MR) is 61.3 cm³/mol. The molecule has 19 heavy (non-hydrogen) atoms. The number of halogens is 3. The first-order chi connectivity index (χ1) is 8.77. The summed E-state index contributed by atoms with van der Waals surface area (Å²) in [5.41, 5.74) is 5.35. The standard InChI is InChI=1S/C10H12F3N5O/c1-17-2-3-18(5-8(17)19)7-4-6(14)15-9(16-7)10(11,12)13/h4H,2-3,5H2,1H3,(H2,14,15,16). The van der Waals surface area contributed by atoms with Gasteiger partial charge in [0.05, 0.1) is 6.54 Å². The number of carbonyl (C=O) groups is 1. The van der Waals surface area contributed by atoms with Crippen molar-refractivity contribution in [2.24, 2.45) is 0 Å². The van der Waals surface area contributed by atoms with Crippen molar-refractivity contribution >= 4 is 17.5 Å². The average molecular weight is 275 g/mol. The highest BCUT2D eigenvalue weighted by Gasteiger charge is 2.36. The molecule has 104 valence electrons. The molecule has 2 N–H and O–H groups in total. The number of hydrogen-bond acceptors (Lipinski definition) is 5. The Morgan fingerprint density at radius 1 is 1.32 bits per heavy atom. The van der Waals surface area contributed by atoms with E-state index in [0.29, 0.717) is 13.1 Å². The first-order valence-corrected chi connectivity index (χ1v) is 5.48. The molecule has 0 aliphatic carbocycles. The van der Waals surface area contributed by atoms with E-state index >= 15 is 0 Å². The molecule has 0 unspecified atom stereocenters. The topological polar surface area (TPSA) is 75.3 Å². The second-order valence-electron chi connectivity index (χ2n) is 4.21. The van der Waals surface area contributed by atoms with Crippen LogP contribution in [0, 0.1) is 0 Å². The van der Waals surface area contributed by atoms with Crippen LogP contribution in [0.15, 0.2) is 6.07 Å². The molecule has 1 aliphatic heterocycles. The molecule has 0 saturated carbocycles. The first kappa shape index (κ1) is 13.4. The van der Waals surface area contributed by atoms with E-state index in [1.807, 2.05) is 0 Å². The third-order valence-corrected chi connectivity index (χ3v) is 2.77. The maximum Gasteiger partial charge on any atom is 0.451 e. The van der Waals surface area contributed by atoms with Gasteiger partial charge in [-0.15, -0.1) is 0 Å². The van der Waals surface area contributed by atoms with Crippen LogP contribution < -0.4 is 10.6 Å². The fourth-order valence-corrected chi connectivity index (χ4v) is 1.70. The van der Waals surface area contributed by atoms with Crippen LogP contribution in [0.25, 0.3) is 0 Å². The lowest BCUT2D eigenvalue weighted by atomic mass is 10.3. The number of likely N-dealkylation sites (N-methyl/N-ethyl adjacent to an activating group) is 1. The number of piperazine rings is 1. The third-order valence-electron chi connectivity index (χ3n) is 2.77. The number of nitrogen functional groups attached to an aromatic ring is 1. The normalized spacial score (nSPS) is 16.9. The van der Waals surface area contributed by atoms with Crippen molar-refractivity contribution < 1.29 is 18.0 Å². The summed E-state index contributed by atoms with van der Waals surface area (Å²) in [6, 6.07) is 1.23. The van der Waals surface area contributed by atoms with Crippen molar-refractivity contribution in [1.82, 2.24) is 14.9 Å². The molecule has 0 atom stereocenters. The molecule has 6 nitrogen and oxygen atoms in total. The van der Waals surface area contributed by atoms with E-state index in [2.05, 4.69) is 9.97 Å². The van der Waals surface area contributed by atoms with E-state index in [4.69, 9.17) is 5.73 Å². The minimum absolute atomic E-state index is 0.0151. The quantitative estimate of drug-likeness (QED) is 0.800. The zero-order valence-electron chi connectivity index (χ0n) is 10.1. The zero-order chi connectivity index (χ0) is 14.2. The molecule has 0 aromatic carbocycles. The van der Waals surface area contributed by atoms with Gasteiger partial charge < -0.3 is 15.5 Å². The lowest BCUT2D eigenvalue weighted by molar-refractivity contribution is -0.144. The summed E-state index contributed by atoms with van der Waals surface area (Å²) in [4.78, 5) is 21.1. The Morgan fingerprint density at radius 3 is 2.58 bits per heavy atom. The van der Waals surface area contributed by atoms with E-state index in [9.17, 15) is 18.0 Å². The molecule has 0 bridgehead atoms. The molecule has 2 rings (SSSR count). The number of amides is 1. The van der Waals surface area contributed by atoms with Crippen LogP contribution in [0.1, 0.15) is 5.82 Å². The van der Waals surface area contributed by atoms with Crippen molar-refractivity contribution in [3.05, 3.63) is 11.9 Å². The minimum Gasteiger partial charge on any atom is -0.384 e. The second-order valence-corrected chi connectivity index (χ2v) is 4.21. The Bertz CT molecular complexity index is 504. The van der Waals surface area contributed by atoms with Crippen LogP contribution in [0.5, 0.6) is 0 Å². The molecule has 1 fully saturated rings. The van der Waals surface area contributed by atoms with Gasteiger partial charge in [-0.3, -0.25) is 4.79 Å². The molecular formula is C10H12F3N5O. The van der Waals surface area contributed by atoms with Crippen molar-refractivity contribution in [3.63, 3.8) is 0 Å². The van der Waals surface area contributed by atoms with Gasteiger partial charge in [0, 0.05) is 26.2 Å². The fraction of sp³-hybridized carbons (Fsp3) is 0.500. The fourth-order valence-electron chi connectivity index (χ4n) is 1.70. The van der Waals surface area contributed by atoms with Gasteiger partial charge in [0.2, 0.25) is 11.7 Å². The van der Waals surface area contributed by atoms with Gasteiger partial charge >= 0.3 is 6.18 Å². The molecule has 0 spiro atoms. The van der Waals surface area contributed by atoms with Gasteiger partial charge in [0.25, 0.3) is 0 Å². The Morgan fingerprint density at radius 2 is 2.00 bits per heavy atom. The highest BCUT2D eigenvalue weighted by molar-refractivity contribution is 5.82. The van der Waals surface area contributed by atoms with Crippen LogP contribution in [-0.4, -0.2) is 47.5 Å². The number of alkyl halides is 3. The first-order valence-electron chi connectivity index (χ1n) is 5.48. The number of anilines is 2. The molecule has 1 amide bonds. The lowest BCUT2D eigenvalue weighted by Gasteiger charge is -2.32. The molecule has 1 aromatic rings. The molecule has 1 aromatic heterocycles. The van der Waals surface area contributed by atoms with E-state index in [0.717, 1.165) is 0 Å². The largest absolute Gasteiger partial charge is 0.451 e. The summed E-state index contributed by atoms with van der Waals surface area (Å²) >= 11 is 0. The zero-order valence-corrected chi connectivity index (χ0v) is 10.1. The van der Waals surface area contributed by atoms with Gasteiger partial charge in [-0.1, -0.05) is 0 Å². The number of rotatable bonds is 1. The maximum atomic E-state index is 12.6. The Kier molecular flexibility index (Phi) is 3.21. The number of nitrogens with two attached hydrogens (primary N) is 1. The maximum absolute atomic E-state index is 12.6. The van der Waals surface area contributed by atoms with Gasteiger partial charge in [0.15, 0.2) is 0 Å². The predicted octanol–water partition coefficient (Wildman–Crippen LogP) is 0.356. The van der Waals surface area contributed by atoms with E-state index in [1.54, 1.807) is 7.05 Å². The summed E-state index contributed by atoms with van der Waals surface area (Å²) in [6.07, 6.45) is -4.67. The third kappa shape index (κ3) is 2.85. The van der Waals surface area contributed by atoms with E-state index in [-0.39, 0.29) is 24.1 Å². The molecular weight excluding hydrogens is 263 g/mol. The van der Waals surface area contributed by atoms with E-state index in [1.165, 1.54) is 15.9 Å².